The van der Waals surface area contributed by atoms with E-state index in [2.05, 4.69) is 0 Å². The molecule has 0 saturated heterocycles. The van der Waals surface area contributed by atoms with Gasteiger partial charge in [-0.2, -0.15) is 5.26 Å². The Morgan fingerprint density at radius 3 is 2.54 bits per heavy atom. The van der Waals surface area contributed by atoms with E-state index in [-0.39, 0.29) is 11.1 Å². The Bertz CT molecular complexity index is 404. The van der Waals surface area contributed by atoms with Crippen LogP contribution < -0.4 is 0 Å². The first-order chi connectivity index (χ1) is 6.07. The van der Waals surface area contributed by atoms with Crippen molar-refractivity contribution < 1.29 is 9.18 Å². The van der Waals surface area contributed by atoms with Crippen LogP contribution in [-0.4, -0.2) is 5.78 Å². The van der Waals surface area contributed by atoms with Gasteiger partial charge in [0.15, 0.2) is 5.78 Å². The molecular weight excluding hydrogens is 169 g/mol. The highest BCUT2D eigenvalue weighted by Gasteiger charge is 2.14. The average molecular weight is 177 g/mol. The summed E-state index contributed by atoms with van der Waals surface area (Å²) in [4.78, 5) is 11.0. The summed E-state index contributed by atoms with van der Waals surface area (Å²) >= 11 is 0. The van der Waals surface area contributed by atoms with E-state index in [4.69, 9.17) is 5.26 Å². The SMILES string of the molecule is CC(=O)c1c(F)ccc(C)c1C#N. The van der Waals surface area contributed by atoms with E-state index in [0.29, 0.717) is 5.56 Å². The first-order valence-corrected chi connectivity index (χ1v) is 3.78. The number of aryl methyl sites for hydroxylation is 1. The molecule has 2 nitrogen and oxygen atoms in total. The van der Waals surface area contributed by atoms with Crippen LogP contribution in [0.1, 0.15) is 28.4 Å². The van der Waals surface area contributed by atoms with Crippen LogP contribution in [0.3, 0.4) is 0 Å². The summed E-state index contributed by atoms with van der Waals surface area (Å²) in [6, 6.07) is 4.51. The summed E-state index contributed by atoms with van der Waals surface area (Å²) in [6.45, 7) is 2.92. The highest BCUT2D eigenvalue weighted by atomic mass is 19.1. The molecular formula is C10H8FNO. The van der Waals surface area contributed by atoms with Gasteiger partial charge in [-0.1, -0.05) is 6.07 Å². The average Bonchev–Trinajstić information content (AvgIpc) is 2.07. The van der Waals surface area contributed by atoms with Crippen molar-refractivity contribution in [2.75, 3.05) is 0 Å². The van der Waals surface area contributed by atoms with Crippen molar-refractivity contribution in [2.45, 2.75) is 13.8 Å². The van der Waals surface area contributed by atoms with Crippen molar-refractivity contribution in [1.29, 1.82) is 5.26 Å². The maximum absolute atomic E-state index is 13.1. The number of Topliss-reactive ketones (excluding diaryl/α,β-unsaturated/α-hetero) is 1. The number of halogens is 1. The second-order valence-electron chi connectivity index (χ2n) is 2.78. The zero-order chi connectivity index (χ0) is 10.0. The molecule has 0 saturated carbocycles. The molecule has 0 unspecified atom stereocenters. The van der Waals surface area contributed by atoms with Crippen LogP contribution in [0.25, 0.3) is 0 Å². The molecule has 1 rings (SSSR count). The zero-order valence-electron chi connectivity index (χ0n) is 7.39. The van der Waals surface area contributed by atoms with E-state index < -0.39 is 11.6 Å². The standard InChI is InChI=1S/C10H8FNO/c1-6-3-4-9(11)10(7(2)13)8(6)5-12/h3-4H,1-2H3. The molecule has 0 bridgehead atoms. The molecule has 1 aromatic carbocycles. The molecule has 13 heavy (non-hydrogen) atoms. The minimum absolute atomic E-state index is 0.109. The Labute approximate surface area is 75.6 Å². The van der Waals surface area contributed by atoms with Gasteiger partial charge < -0.3 is 0 Å². The van der Waals surface area contributed by atoms with Crippen LogP contribution in [0.2, 0.25) is 0 Å². The topological polar surface area (TPSA) is 40.9 Å². The number of nitrogens with zero attached hydrogens (tertiary/aromatic N) is 1. The lowest BCUT2D eigenvalue weighted by molar-refractivity contribution is 0.101. The molecule has 0 N–H and O–H groups in total. The van der Waals surface area contributed by atoms with E-state index in [1.165, 1.54) is 19.1 Å². The van der Waals surface area contributed by atoms with Crippen molar-refractivity contribution in [3.05, 3.63) is 34.6 Å². The molecule has 0 amide bonds. The highest BCUT2D eigenvalue weighted by molar-refractivity contribution is 5.97. The number of carbonyl (C=O) groups excluding carboxylic acids is 1. The van der Waals surface area contributed by atoms with E-state index in [1.54, 1.807) is 6.92 Å². The first-order valence-electron chi connectivity index (χ1n) is 3.78. The molecule has 0 aliphatic heterocycles. The summed E-state index contributed by atoms with van der Waals surface area (Å²) in [5, 5.41) is 8.70. The lowest BCUT2D eigenvalue weighted by atomic mass is 10.00. The smallest absolute Gasteiger partial charge is 0.164 e. The third-order valence-electron chi connectivity index (χ3n) is 1.83. The van der Waals surface area contributed by atoms with Crippen LogP contribution in [-0.2, 0) is 0 Å². The number of hydrogen-bond donors (Lipinski definition) is 0. The number of ketones is 1. The van der Waals surface area contributed by atoms with Crippen molar-refractivity contribution in [2.24, 2.45) is 0 Å². The molecule has 0 aliphatic rings. The fourth-order valence-electron chi connectivity index (χ4n) is 1.17. The molecule has 0 atom stereocenters. The van der Waals surface area contributed by atoms with Crippen LogP contribution >= 0.6 is 0 Å². The molecule has 0 spiro atoms. The van der Waals surface area contributed by atoms with Gasteiger partial charge in [0.05, 0.1) is 11.1 Å². The van der Waals surface area contributed by atoms with Gasteiger partial charge >= 0.3 is 0 Å². The molecule has 0 fully saturated rings. The summed E-state index contributed by atoms with van der Waals surface area (Å²) < 4.78 is 13.1. The minimum Gasteiger partial charge on any atom is -0.294 e. The van der Waals surface area contributed by atoms with Crippen LogP contribution in [0.4, 0.5) is 4.39 Å². The van der Waals surface area contributed by atoms with Gasteiger partial charge in [-0.05, 0) is 25.5 Å². The van der Waals surface area contributed by atoms with Gasteiger partial charge in [0.25, 0.3) is 0 Å². The monoisotopic (exact) mass is 177 g/mol. The maximum atomic E-state index is 13.1. The largest absolute Gasteiger partial charge is 0.294 e. The molecule has 0 aliphatic carbocycles. The van der Waals surface area contributed by atoms with Crippen molar-refractivity contribution in [1.82, 2.24) is 0 Å². The van der Waals surface area contributed by atoms with E-state index in [0.717, 1.165) is 0 Å². The van der Waals surface area contributed by atoms with Gasteiger partial charge in [0.2, 0.25) is 0 Å². The third-order valence-corrected chi connectivity index (χ3v) is 1.83. The van der Waals surface area contributed by atoms with Crippen LogP contribution in [0, 0.1) is 24.1 Å². The number of rotatable bonds is 1. The number of benzene rings is 1. The van der Waals surface area contributed by atoms with Crippen molar-refractivity contribution in [3.63, 3.8) is 0 Å². The van der Waals surface area contributed by atoms with E-state index in [9.17, 15) is 9.18 Å². The van der Waals surface area contributed by atoms with Crippen LogP contribution in [0.15, 0.2) is 12.1 Å². The van der Waals surface area contributed by atoms with E-state index in [1.807, 2.05) is 6.07 Å². The third kappa shape index (κ3) is 1.57. The number of nitriles is 1. The molecule has 0 aromatic heterocycles. The normalized spacial score (nSPS) is 9.38. The zero-order valence-corrected chi connectivity index (χ0v) is 7.39. The summed E-state index contributed by atoms with van der Waals surface area (Å²) in [5.74, 6) is -1.05. The molecule has 3 heteroatoms. The van der Waals surface area contributed by atoms with Gasteiger partial charge in [-0.3, -0.25) is 4.79 Å². The Kier molecular flexibility index (Phi) is 2.43. The van der Waals surface area contributed by atoms with E-state index >= 15 is 0 Å². The van der Waals surface area contributed by atoms with Gasteiger partial charge in [0.1, 0.15) is 11.9 Å². The number of carbonyl (C=O) groups is 1. The Morgan fingerprint density at radius 1 is 1.54 bits per heavy atom. The second-order valence-corrected chi connectivity index (χ2v) is 2.78. The lowest BCUT2D eigenvalue weighted by Crippen LogP contribution is -2.02. The number of hydrogen-bond acceptors (Lipinski definition) is 2. The summed E-state index contributed by atoms with van der Waals surface area (Å²) in [7, 11) is 0. The predicted molar refractivity (Wildman–Crippen MR) is 45.9 cm³/mol. The van der Waals surface area contributed by atoms with Crippen molar-refractivity contribution in [3.8, 4) is 6.07 Å². The molecule has 66 valence electrons. The Hall–Kier alpha value is -1.69. The molecule has 1 aromatic rings. The Balaban J connectivity index is 3.55. The fraction of sp³-hybridized carbons (Fsp3) is 0.200. The molecule has 0 radical (unpaired) electrons. The van der Waals surface area contributed by atoms with Gasteiger partial charge in [-0.25, -0.2) is 4.39 Å². The highest BCUT2D eigenvalue weighted by Crippen LogP contribution is 2.17. The molecule has 0 heterocycles. The van der Waals surface area contributed by atoms with Gasteiger partial charge in [0, 0.05) is 0 Å². The summed E-state index contributed by atoms with van der Waals surface area (Å²) in [6.07, 6.45) is 0. The first kappa shape index (κ1) is 9.40. The maximum Gasteiger partial charge on any atom is 0.164 e. The minimum atomic E-state index is -0.630. The van der Waals surface area contributed by atoms with Crippen LogP contribution in [0.5, 0.6) is 0 Å². The fourth-order valence-corrected chi connectivity index (χ4v) is 1.17. The Morgan fingerprint density at radius 2 is 2.15 bits per heavy atom. The lowest BCUT2D eigenvalue weighted by Gasteiger charge is -2.03. The summed E-state index contributed by atoms with van der Waals surface area (Å²) in [5.41, 5.74) is 0.643. The van der Waals surface area contributed by atoms with Gasteiger partial charge in [-0.15, -0.1) is 0 Å². The van der Waals surface area contributed by atoms with Crippen molar-refractivity contribution >= 4 is 5.78 Å². The second kappa shape index (κ2) is 3.36. The quantitative estimate of drug-likeness (QED) is 0.617. The predicted octanol–water partition coefficient (Wildman–Crippen LogP) is 2.21.